The fourth-order valence-corrected chi connectivity index (χ4v) is 2.42. The predicted molar refractivity (Wildman–Crippen MR) is 104 cm³/mol. The summed E-state index contributed by atoms with van der Waals surface area (Å²) in [5, 5.41) is 26.7. The van der Waals surface area contributed by atoms with Gasteiger partial charge in [0.1, 0.15) is 24.4 Å². The van der Waals surface area contributed by atoms with Gasteiger partial charge in [0, 0.05) is 6.92 Å². The minimum Gasteiger partial charge on any atom is -0.481 e. The molecule has 0 aliphatic carbocycles. The SMILES string of the molecule is CC(=O)N[C@@H](CC(=O)O)C(=O)N[C@H](C(=O)N[C@@H](C)C(=O)N[C@H](C=O)CC(=O)O)C(C)C. The lowest BCUT2D eigenvalue weighted by atomic mass is 10.0. The first-order chi connectivity index (χ1) is 14.3. The van der Waals surface area contributed by atoms with Crippen molar-refractivity contribution >= 4 is 41.9 Å². The Morgan fingerprint density at radius 3 is 1.74 bits per heavy atom. The number of rotatable bonds is 13. The Bertz CT molecular complexity index is 707. The molecule has 174 valence electrons. The Morgan fingerprint density at radius 1 is 0.774 bits per heavy atom. The molecule has 0 unspecified atom stereocenters. The van der Waals surface area contributed by atoms with Crippen LogP contribution in [0.25, 0.3) is 0 Å². The molecule has 31 heavy (non-hydrogen) atoms. The largest absolute Gasteiger partial charge is 0.481 e. The summed E-state index contributed by atoms with van der Waals surface area (Å²) < 4.78 is 0. The molecule has 0 rings (SSSR count). The van der Waals surface area contributed by atoms with E-state index in [-0.39, 0.29) is 6.29 Å². The number of amides is 4. The van der Waals surface area contributed by atoms with E-state index in [2.05, 4.69) is 21.3 Å². The molecule has 0 heterocycles. The van der Waals surface area contributed by atoms with E-state index in [0.29, 0.717) is 0 Å². The van der Waals surface area contributed by atoms with Gasteiger partial charge in [0.05, 0.1) is 18.9 Å². The maximum absolute atomic E-state index is 12.6. The smallest absolute Gasteiger partial charge is 0.305 e. The zero-order chi connectivity index (χ0) is 24.3. The van der Waals surface area contributed by atoms with E-state index < -0.39 is 78.5 Å². The van der Waals surface area contributed by atoms with Crippen LogP contribution in [0.5, 0.6) is 0 Å². The first-order valence-electron chi connectivity index (χ1n) is 9.35. The van der Waals surface area contributed by atoms with Gasteiger partial charge in [-0.15, -0.1) is 0 Å². The van der Waals surface area contributed by atoms with Crippen LogP contribution in [0.15, 0.2) is 0 Å². The Balaban J connectivity index is 5.17. The Hall–Kier alpha value is -3.51. The lowest BCUT2D eigenvalue weighted by Crippen LogP contribution is -2.58. The molecule has 0 saturated heterocycles. The monoisotopic (exact) mass is 444 g/mol. The summed E-state index contributed by atoms with van der Waals surface area (Å²) in [5.74, 6) is -6.24. The third-order valence-corrected chi connectivity index (χ3v) is 3.96. The van der Waals surface area contributed by atoms with Crippen molar-refractivity contribution in [3.8, 4) is 0 Å². The quantitative estimate of drug-likeness (QED) is 0.170. The summed E-state index contributed by atoms with van der Waals surface area (Å²) in [5.41, 5.74) is 0. The molecule has 0 aliphatic rings. The van der Waals surface area contributed by atoms with Gasteiger partial charge in [0.15, 0.2) is 0 Å². The van der Waals surface area contributed by atoms with Crippen LogP contribution in [0.1, 0.15) is 40.5 Å². The summed E-state index contributed by atoms with van der Waals surface area (Å²) in [4.78, 5) is 80.8. The van der Waals surface area contributed by atoms with E-state index in [1.54, 1.807) is 13.8 Å². The molecule has 4 atom stereocenters. The number of carbonyl (C=O) groups is 7. The highest BCUT2D eigenvalue weighted by atomic mass is 16.4. The summed E-state index contributed by atoms with van der Waals surface area (Å²) >= 11 is 0. The molecule has 6 N–H and O–H groups in total. The highest BCUT2D eigenvalue weighted by molar-refractivity contribution is 5.95. The molecule has 13 heteroatoms. The first-order valence-corrected chi connectivity index (χ1v) is 9.35. The van der Waals surface area contributed by atoms with Gasteiger partial charge in [-0.2, -0.15) is 0 Å². The second-order valence-corrected chi connectivity index (χ2v) is 7.16. The van der Waals surface area contributed by atoms with Crippen molar-refractivity contribution < 1.29 is 43.8 Å². The van der Waals surface area contributed by atoms with Gasteiger partial charge in [-0.1, -0.05) is 13.8 Å². The van der Waals surface area contributed by atoms with Crippen LogP contribution >= 0.6 is 0 Å². The van der Waals surface area contributed by atoms with Crippen molar-refractivity contribution in [2.24, 2.45) is 5.92 Å². The first kappa shape index (κ1) is 27.5. The molecule has 0 aromatic carbocycles. The number of hydrogen-bond acceptors (Lipinski definition) is 7. The van der Waals surface area contributed by atoms with E-state index in [1.807, 2.05) is 0 Å². The standard InChI is InChI=1S/C18H28N4O9/c1-8(2)15(22-17(30)12(6-14(27)28)20-10(4)24)18(31)19-9(3)16(29)21-11(7-23)5-13(25)26/h7-9,11-12,15H,5-6H2,1-4H3,(H,19,31)(H,20,24)(H,21,29)(H,22,30)(H,25,26)(H,27,28)/t9-,11-,12-,15-/m0/s1. The zero-order valence-corrected chi connectivity index (χ0v) is 17.6. The molecule has 0 radical (unpaired) electrons. The Kier molecular flexibility index (Phi) is 11.5. The normalized spacial score (nSPS) is 14.4. The maximum atomic E-state index is 12.6. The topological polar surface area (TPSA) is 208 Å². The minimum atomic E-state index is -1.41. The minimum absolute atomic E-state index is 0.252. The fraction of sp³-hybridized carbons (Fsp3) is 0.611. The summed E-state index contributed by atoms with van der Waals surface area (Å²) in [6.45, 7) is 5.58. The third-order valence-electron chi connectivity index (χ3n) is 3.96. The number of hydrogen-bond donors (Lipinski definition) is 6. The van der Waals surface area contributed by atoms with Gasteiger partial charge in [0.2, 0.25) is 23.6 Å². The molecular formula is C18H28N4O9. The number of nitrogens with one attached hydrogen (secondary N) is 4. The molecule has 0 aromatic rings. The molecule has 0 spiro atoms. The van der Waals surface area contributed by atoms with E-state index in [1.165, 1.54) is 6.92 Å². The summed E-state index contributed by atoms with van der Waals surface area (Å²) in [7, 11) is 0. The second kappa shape index (κ2) is 12.9. The number of carbonyl (C=O) groups excluding carboxylic acids is 5. The molecule has 0 aliphatic heterocycles. The molecule has 0 saturated carbocycles. The average molecular weight is 444 g/mol. The number of aliphatic carboxylic acids is 2. The van der Waals surface area contributed by atoms with Crippen LogP contribution < -0.4 is 21.3 Å². The van der Waals surface area contributed by atoms with E-state index in [0.717, 1.165) is 6.92 Å². The number of carboxylic acids is 2. The molecule has 0 aromatic heterocycles. The molecule has 13 nitrogen and oxygen atoms in total. The lowest BCUT2D eigenvalue weighted by Gasteiger charge is -2.26. The fourth-order valence-electron chi connectivity index (χ4n) is 2.42. The number of aldehydes is 1. The van der Waals surface area contributed by atoms with Crippen molar-refractivity contribution in [2.45, 2.75) is 64.7 Å². The Morgan fingerprint density at radius 2 is 1.32 bits per heavy atom. The molecule has 0 bridgehead atoms. The van der Waals surface area contributed by atoms with Crippen LogP contribution in [0.2, 0.25) is 0 Å². The van der Waals surface area contributed by atoms with Gasteiger partial charge in [-0.3, -0.25) is 28.8 Å². The zero-order valence-electron chi connectivity index (χ0n) is 17.6. The van der Waals surface area contributed by atoms with Crippen LogP contribution in [0.4, 0.5) is 0 Å². The van der Waals surface area contributed by atoms with Crippen LogP contribution in [-0.2, 0) is 33.6 Å². The van der Waals surface area contributed by atoms with Gasteiger partial charge >= 0.3 is 11.9 Å². The third kappa shape index (κ3) is 10.7. The van der Waals surface area contributed by atoms with Gasteiger partial charge in [0.25, 0.3) is 0 Å². The van der Waals surface area contributed by atoms with Gasteiger partial charge in [-0.25, -0.2) is 0 Å². The van der Waals surface area contributed by atoms with Crippen LogP contribution in [0.3, 0.4) is 0 Å². The second-order valence-electron chi connectivity index (χ2n) is 7.16. The summed E-state index contributed by atoms with van der Waals surface area (Å²) in [6, 6.07) is -5.03. The predicted octanol–water partition coefficient (Wildman–Crippen LogP) is -2.23. The van der Waals surface area contributed by atoms with Crippen molar-refractivity contribution in [2.75, 3.05) is 0 Å². The van der Waals surface area contributed by atoms with Crippen LogP contribution in [-0.4, -0.2) is 76.2 Å². The molecule has 4 amide bonds. The van der Waals surface area contributed by atoms with Gasteiger partial charge in [-0.05, 0) is 12.8 Å². The van der Waals surface area contributed by atoms with E-state index in [4.69, 9.17) is 10.2 Å². The highest BCUT2D eigenvalue weighted by Crippen LogP contribution is 2.05. The highest BCUT2D eigenvalue weighted by Gasteiger charge is 2.31. The maximum Gasteiger partial charge on any atom is 0.305 e. The molecular weight excluding hydrogens is 416 g/mol. The number of carboxylic acid groups (broad SMARTS) is 2. The van der Waals surface area contributed by atoms with Gasteiger partial charge < -0.3 is 36.3 Å². The average Bonchev–Trinajstić information content (AvgIpc) is 2.62. The van der Waals surface area contributed by atoms with E-state index in [9.17, 15) is 33.6 Å². The molecule has 0 fully saturated rings. The van der Waals surface area contributed by atoms with Crippen LogP contribution in [0, 0.1) is 5.92 Å². The summed E-state index contributed by atoms with van der Waals surface area (Å²) in [6.07, 6.45) is -1.08. The van der Waals surface area contributed by atoms with Crippen molar-refractivity contribution in [3.63, 3.8) is 0 Å². The van der Waals surface area contributed by atoms with Crippen molar-refractivity contribution in [1.29, 1.82) is 0 Å². The van der Waals surface area contributed by atoms with Crippen molar-refractivity contribution in [3.05, 3.63) is 0 Å². The Labute approximate surface area is 178 Å². The lowest BCUT2D eigenvalue weighted by molar-refractivity contribution is -0.141. The van der Waals surface area contributed by atoms with Crippen molar-refractivity contribution in [1.82, 2.24) is 21.3 Å². The van der Waals surface area contributed by atoms with E-state index >= 15 is 0 Å².